The van der Waals surface area contributed by atoms with Gasteiger partial charge < -0.3 is 4.90 Å². The summed E-state index contributed by atoms with van der Waals surface area (Å²) in [4.78, 5) is 12.4. The standard InChI is InChI=1S/C10H11NO/c1-8-3-2-4-9-5-6-11(7-12)10(8)9/h2-4,7H,5-6H2,1H3. The van der Waals surface area contributed by atoms with Crippen LogP contribution in [0.25, 0.3) is 0 Å². The topological polar surface area (TPSA) is 20.3 Å². The number of benzene rings is 1. The SMILES string of the molecule is Cc1cccc2c1N(C=O)CC2. The van der Waals surface area contributed by atoms with Crippen molar-refractivity contribution < 1.29 is 4.79 Å². The number of rotatable bonds is 1. The van der Waals surface area contributed by atoms with Gasteiger partial charge >= 0.3 is 0 Å². The summed E-state index contributed by atoms with van der Waals surface area (Å²) in [5, 5.41) is 0. The molecule has 1 aliphatic rings. The van der Waals surface area contributed by atoms with Crippen molar-refractivity contribution in [3.05, 3.63) is 29.3 Å². The number of hydrogen-bond acceptors (Lipinski definition) is 1. The van der Waals surface area contributed by atoms with Crippen LogP contribution in [-0.4, -0.2) is 13.0 Å². The molecule has 1 aromatic carbocycles. The molecule has 2 nitrogen and oxygen atoms in total. The Balaban J connectivity index is 2.55. The summed E-state index contributed by atoms with van der Waals surface area (Å²) in [6.45, 7) is 2.88. The molecular weight excluding hydrogens is 150 g/mol. The molecule has 1 aromatic rings. The van der Waals surface area contributed by atoms with E-state index in [0.29, 0.717) is 0 Å². The molecule has 1 heterocycles. The van der Waals surface area contributed by atoms with E-state index in [4.69, 9.17) is 0 Å². The van der Waals surface area contributed by atoms with Gasteiger partial charge in [0.05, 0.1) is 0 Å². The second-order valence-corrected chi connectivity index (χ2v) is 3.13. The summed E-state index contributed by atoms with van der Waals surface area (Å²) in [6, 6.07) is 6.18. The van der Waals surface area contributed by atoms with Crippen molar-refractivity contribution in [2.75, 3.05) is 11.4 Å². The molecule has 62 valence electrons. The van der Waals surface area contributed by atoms with Gasteiger partial charge in [0, 0.05) is 12.2 Å². The number of anilines is 1. The van der Waals surface area contributed by atoms with E-state index in [2.05, 4.69) is 6.07 Å². The first kappa shape index (κ1) is 7.35. The van der Waals surface area contributed by atoms with Gasteiger partial charge in [-0.2, -0.15) is 0 Å². The Morgan fingerprint density at radius 1 is 1.50 bits per heavy atom. The first-order valence-corrected chi connectivity index (χ1v) is 4.13. The van der Waals surface area contributed by atoms with Gasteiger partial charge in [-0.3, -0.25) is 4.79 Å². The number of carbonyl (C=O) groups is 1. The molecule has 0 saturated heterocycles. The molecule has 1 aliphatic heterocycles. The molecule has 0 N–H and O–H groups in total. The van der Waals surface area contributed by atoms with Crippen LogP contribution in [0.3, 0.4) is 0 Å². The first-order chi connectivity index (χ1) is 5.83. The zero-order valence-corrected chi connectivity index (χ0v) is 7.08. The molecule has 0 aliphatic carbocycles. The van der Waals surface area contributed by atoms with Gasteiger partial charge in [-0.1, -0.05) is 18.2 Å². The van der Waals surface area contributed by atoms with Gasteiger partial charge in [0.1, 0.15) is 0 Å². The average Bonchev–Trinajstić information content (AvgIpc) is 2.49. The maximum atomic E-state index is 10.6. The van der Waals surface area contributed by atoms with E-state index in [-0.39, 0.29) is 0 Å². The van der Waals surface area contributed by atoms with Crippen molar-refractivity contribution >= 4 is 12.1 Å². The molecule has 0 unspecified atom stereocenters. The first-order valence-electron chi connectivity index (χ1n) is 4.13. The Labute approximate surface area is 71.8 Å². The van der Waals surface area contributed by atoms with Gasteiger partial charge in [0.2, 0.25) is 6.41 Å². The van der Waals surface area contributed by atoms with Crippen LogP contribution in [0.4, 0.5) is 5.69 Å². The molecule has 0 radical (unpaired) electrons. The van der Waals surface area contributed by atoms with E-state index < -0.39 is 0 Å². The maximum absolute atomic E-state index is 10.6. The van der Waals surface area contributed by atoms with E-state index in [1.165, 1.54) is 11.1 Å². The molecule has 0 atom stereocenters. The van der Waals surface area contributed by atoms with Gasteiger partial charge in [-0.25, -0.2) is 0 Å². The lowest BCUT2D eigenvalue weighted by molar-refractivity contribution is -0.107. The van der Waals surface area contributed by atoms with E-state index in [9.17, 15) is 4.79 Å². The monoisotopic (exact) mass is 161 g/mol. The minimum absolute atomic E-state index is 0.837. The lowest BCUT2D eigenvalue weighted by atomic mass is 10.1. The van der Waals surface area contributed by atoms with Crippen LogP contribution in [0.5, 0.6) is 0 Å². The van der Waals surface area contributed by atoms with Crippen molar-refractivity contribution in [1.29, 1.82) is 0 Å². The average molecular weight is 161 g/mol. The molecule has 12 heavy (non-hydrogen) atoms. The van der Waals surface area contributed by atoms with E-state index in [0.717, 1.165) is 25.1 Å². The molecular formula is C10H11NO. The zero-order chi connectivity index (χ0) is 8.55. The van der Waals surface area contributed by atoms with Crippen molar-refractivity contribution in [2.24, 2.45) is 0 Å². The minimum atomic E-state index is 0.837. The van der Waals surface area contributed by atoms with Gasteiger partial charge in [-0.15, -0.1) is 0 Å². The Kier molecular flexibility index (Phi) is 1.61. The molecule has 0 spiro atoms. The largest absolute Gasteiger partial charge is 0.314 e. The summed E-state index contributed by atoms with van der Waals surface area (Å²) in [5.41, 5.74) is 3.60. The molecule has 0 fully saturated rings. The third kappa shape index (κ3) is 0.916. The third-order valence-corrected chi connectivity index (χ3v) is 2.36. The molecule has 0 saturated carbocycles. The zero-order valence-electron chi connectivity index (χ0n) is 7.08. The van der Waals surface area contributed by atoms with E-state index >= 15 is 0 Å². The fourth-order valence-electron chi connectivity index (χ4n) is 1.79. The highest BCUT2D eigenvalue weighted by Crippen LogP contribution is 2.29. The molecule has 1 amide bonds. The lowest BCUT2D eigenvalue weighted by Gasteiger charge is -2.12. The predicted octanol–water partition coefficient (Wildman–Crippen LogP) is 1.51. The normalized spacial score (nSPS) is 14.6. The van der Waals surface area contributed by atoms with Crippen molar-refractivity contribution in [1.82, 2.24) is 0 Å². The second kappa shape index (κ2) is 2.63. The Hall–Kier alpha value is -1.31. The van der Waals surface area contributed by atoms with Gasteiger partial charge in [0.25, 0.3) is 0 Å². The van der Waals surface area contributed by atoms with Crippen LogP contribution < -0.4 is 4.90 Å². The van der Waals surface area contributed by atoms with Crippen LogP contribution >= 0.6 is 0 Å². The number of carbonyl (C=O) groups excluding carboxylic acids is 1. The van der Waals surface area contributed by atoms with Crippen molar-refractivity contribution in [3.8, 4) is 0 Å². The molecule has 0 bridgehead atoms. The van der Waals surface area contributed by atoms with Crippen molar-refractivity contribution in [2.45, 2.75) is 13.3 Å². The van der Waals surface area contributed by atoms with Gasteiger partial charge in [-0.05, 0) is 24.5 Å². The number of fused-ring (bicyclic) bond motifs is 1. The summed E-state index contributed by atoms with van der Waals surface area (Å²) in [6.07, 6.45) is 1.91. The van der Waals surface area contributed by atoms with Crippen LogP contribution in [0.1, 0.15) is 11.1 Å². The summed E-state index contributed by atoms with van der Waals surface area (Å²) in [7, 11) is 0. The summed E-state index contributed by atoms with van der Waals surface area (Å²) >= 11 is 0. The minimum Gasteiger partial charge on any atom is -0.314 e. The predicted molar refractivity (Wildman–Crippen MR) is 48.3 cm³/mol. The van der Waals surface area contributed by atoms with Crippen LogP contribution in [-0.2, 0) is 11.2 Å². The second-order valence-electron chi connectivity index (χ2n) is 3.13. The fourth-order valence-corrected chi connectivity index (χ4v) is 1.79. The Morgan fingerprint density at radius 3 is 3.08 bits per heavy atom. The summed E-state index contributed by atoms with van der Waals surface area (Å²) < 4.78 is 0. The summed E-state index contributed by atoms with van der Waals surface area (Å²) in [5.74, 6) is 0. The van der Waals surface area contributed by atoms with Crippen LogP contribution in [0.15, 0.2) is 18.2 Å². The van der Waals surface area contributed by atoms with Crippen LogP contribution in [0, 0.1) is 6.92 Å². The Morgan fingerprint density at radius 2 is 2.33 bits per heavy atom. The number of amides is 1. The quantitative estimate of drug-likeness (QED) is 0.572. The number of nitrogens with zero attached hydrogens (tertiary/aromatic N) is 1. The maximum Gasteiger partial charge on any atom is 0.214 e. The highest BCUT2D eigenvalue weighted by atomic mass is 16.1. The van der Waals surface area contributed by atoms with Crippen LogP contribution in [0.2, 0.25) is 0 Å². The van der Waals surface area contributed by atoms with E-state index in [1.54, 1.807) is 4.90 Å². The lowest BCUT2D eigenvalue weighted by Crippen LogP contribution is -2.17. The van der Waals surface area contributed by atoms with Crippen molar-refractivity contribution in [3.63, 3.8) is 0 Å². The molecule has 2 rings (SSSR count). The Bertz CT molecular complexity index is 320. The number of para-hydroxylation sites is 1. The third-order valence-electron chi connectivity index (χ3n) is 2.36. The number of hydrogen-bond donors (Lipinski definition) is 0. The van der Waals surface area contributed by atoms with Gasteiger partial charge in [0.15, 0.2) is 0 Å². The fraction of sp³-hybridized carbons (Fsp3) is 0.300. The highest BCUT2D eigenvalue weighted by Gasteiger charge is 2.19. The van der Waals surface area contributed by atoms with E-state index in [1.807, 2.05) is 19.1 Å². The smallest absolute Gasteiger partial charge is 0.214 e. The molecule has 0 aromatic heterocycles. The number of aryl methyl sites for hydroxylation is 1. The molecule has 2 heteroatoms. The highest BCUT2D eigenvalue weighted by molar-refractivity contribution is 5.81.